The van der Waals surface area contributed by atoms with Gasteiger partial charge in [-0.1, -0.05) is 33.4 Å². The first-order chi connectivity index (χ1) is 10.7. The number of nitrogens with one attached hydrogen (secondary N) is 1. The van der Waals surface area contributed by atoms with Crippen LogP contribution in [0, 0.1) is 5.41 Å². The lowest BCUT2D eigenvalue weighted by molar-refractivity contribution is -0.111. The van der Waals surface area contributed by atoms with Gasteiger partial charge in [0.25, 0.3) is 5.91 Å². The van der Waals surface area contributed by atoms with Crippen LogP contribution in [-0.2, 0) is 4.79 Å². The number of aliphatic hydroxyl groups is 1. The molecule has 0 aliphatic heterocycles. The molecule has 0 saturated heterocycles. The minimum atomic E-state index is -0.330. The third-order valence-electron chi connectivity index (χ3n) is 3.49. The van der Waals surface area contributed by atoms with Crippen molar-refractivity contribution in [2.24, 2.45) is 5.41 Å². The molecule has 1 rings (SSSR count). The molecule has 0 spiro atoms. The Balaban J connectivity index is 2.92. The van der Waals surface area contributed by atoms with Crippen LogP contribution in [0.15, 0.2) is 36.9 Å². The van der Waals surface area contributed by atoms with Crippen molar-refractivity contribution in [3.05, 3.63) is 42.5 Å². The predicted octanol–water partition coefficient (Wildman–Crippen LogP) is 2.68. The molecular weight excluding hydrogens is 292 g/mol. The fourth-order valence-corrected chi connectivity index (χ4v) is 2.32. The summed E-state index contributed by atoms with van der Waals surface area (Å²) >= 11 is 0. The highest BCUT2D eigenvalue weighted by Gasteiger charge is 2.25. The van der Waals surface area contributed by atoms with Crippen LogP contribution in [0.4, 0.5) is 5.69 Å². The maximum atomic E-state index is 12.6. The summed E-state index contributed by atoms with van der Waals surface area (Å²) in [6.07, 6.45) is 1.87. The first-order valence-electron chi connectivity index (χ1n) is 7.59. The molecule has 23 heavy (non-hydrogen) atoms. The number of benzene rings is 1. The monoisotopic (exact) mass is 318 g/mol. The van der Waals surface area contributed by atoms with Crippen molar-refractivity contribution >= 4 is 17.5 Å². The van der Waals surface area contributed by atoms with E-state index in [4.69, 9.17) is 0 Å². The summed E-state index contributed by atoms with van der Waals surface area (Å²) in [6, 6.07) is 6.46. The third-order valence-corrected chi connectivity index (χ3v) is 3.49. The Hall–Kier alpha value is -2.14. The number of anilines is 1. The maximum absolute atomic E-state index is 12.6. The number of amides is 2. The van der Waals surface area contributed by atoms with Gasteiger partial charge in [-0.2, -0.15) is 0 Å². The molecule has 1 atom stereocenters. The van der Waals surface area contributed by atoms with Gasteiger partial charge in [0.15, 0.2) is 0 Å². The zero-order valence-corrected chi connectivity index (χ0v) is 14.3. The van der Waals surface area contributed by atoms with Gasteiger partial charge < -0.3 is 15.3 Å². The Bertz CT molecular complexity index is 576. The Kier molecular flexibility index (Phi) is 6.51. The summed E-state index contributed by atoms with van der Waals surface area (Å²) in [4.78, 5) is 25.5. The molecule has 1 unspecified atom stereocenters. The molecule has 1 aromatic carbocycles. The summed E-state index contributed by atoms with van der Waals surface area (Å²) in [5, 5.41) is 12.2. The second-order valence-electron chi connectivity index (χ2n) is 6.79. The lowest BCUT2D eigenvalue weighted by Crippen LogP contribution is -2.41. The average molecular weight is 318 g/mol. The van der Waals surface area contributed by atoms with E-state index in [1.165, 1.54) is 6.08 Å². The van der Waals surface area contributed by atoms with E-state index in [0.717, 1.165) is 0 Å². The number of nitrogens with zero attached hydrogens (tertiary/aromatic N) is 1. The highest BCUT2D eigenvalue weighted by molar-refractivity contribution is 6.00. The zero-order valence-electron chi connectivity index (χ0n) is 14.3. The molecule has 0 radical (unpaired) electrons. The fraction of sp³-hybridized carbons (Fsp3) is 0.444. The first kappa shape index (κ1) is 18.9. The van der Waals surface area contributed by atoms with Gasteiger partial charge in [0, 0.05) is 18.3 Å². The number of hydrogen-bond acceptors (Lipinski definition) is 3. The van der Waals surface area contributed by atoms with E-state index in [2.05, 4.69) is 32.7 Å². The Morgan fingerprint density at radius 1 is 1.39 bits per heavy atom. The van der Waals surface area contributed by atoms with Gasteiger partial charge >= 0.3 is 0 Å². The van der Waals surface area contributed by atoms with Crippen LogP contribution in [0.5, 0.6) is 0 Å². The molecule has 0 aliphatic carbocycles. The maximum Gasteiger partial charge on any atom is 0.253 e. The van der Waals surface area contributed by atoms with Crippen molar-refractivity contribution in [3.8, 4) is 0 Å². The van der Waals surface area contributed by atoms with Crippen LogP contribution >= 0.6 is 0 Å². The van der Waals surface area contributed by atoms with Crippen LogP contribution in [-0.4, -0.2) is 41.5 Å². The van der Waals surface area contributed by atoms with Gasteiger partial charge in [0.05, 0.1) is 12.6 Å². The number of carbonyl (C=O) groups is 2. The Morgan fingerprint density at radius 3 is 2.57 bits per heavy atom. The van der Waals surface area contributed by atoms with E-state index in [0.29, 0.717) is 17.7 Å². The van der Waals surface area contributed by atoms with Crippen molar-refractivity contribution in [1.29, 1.82) is 0 Å². The summed E-state index contributed by atoms with van der Waals surface area (Å²) in [7, 11) is 1.68. The summed E-state index contributed by atoms with van der Waals surface area (Å²) in [5.41, 5.74) is 0.995. The summed E-state index contributed by atoms with van der Waals surface area (Å²) < 4.78 is 0. The van der Waals surface area contributed by atoms with Crippen LogP contribution in [0.3, 0.4) is 0 Å². The van der Waals surface area contributed by atoms with Gasteiger partial charge in [-0.25, -0.2) is 0 Å². The van der Waals surface area contributed by atoms with E-state index in [9.17, 15) is 14.7 Å². The van der Waals surface area contributed by atoms with Gasteiger partial charge in [-0.15, -0.1) is 0 Å². The van der Waals surface area contributed by atoms with Crippen LogP contribution < -0.4 is 5.32 Å². The van der Waals surface area contributed by atoms with Crippen LogP contribution in [0.25, 0.3) is 0 Å². The molecule has 0 aromatic heterocycles. The van der Waals surface area contributed by atoms with E-state index >= 15 is 0 Å². The predicted molar refractivity (Wildman–Crippen MR) is 92.3 cm³/mol. The molecule has 0 bridgehead atoms. The largest absolute Gasteiger partial charge is 0.394 e. The van der Waals surface area contributed by atoms with Crippen molar-refractivity contribution in [3.63, 3.8) is 0 Å². The molecule has 0 fully saturated rings. The first-order valence-corrected chi connectivity index (χ1v) is 7.59. The highest BCUT2D eigenvalue weighted by atomic mass is 16.3. The molecule has 0 heterocycles. The third kappa shape index (κ3) is 5.87. The number of likely N-dealkylation sites (N-methyl/N-ethyl adjacent to an activating group) is 1. The Morgan fingerprint density at radius 2 is 2.04 bits per heavy atom. The van der Waals surface area contributed by atoms with E-state index < -0.39 is 0 Å². The van der Waals surface area contributed by atoms with Gasteiger partial charge in [-0.3, -0.25) is 9.59 Å². The molecule has 0 aliphatic rings. The number of hydrogen-bond donors (Lipinski definition) is 2. The van der Waals surface area contributed by atoms with Crippen LogP contribution in [0.2, 0.25) is 0 Å². The SMILES string of the molecule is C=CC(=O)Nc1cccc(C(=O)N(C)C(CO)CC(C)(C)C)c1. The van der Waals surface area contributed by atoms with Gasteiger partial charge in [0.1, 0.15) is 0 Å². The fourth-order valence-electron chi connectivity index (χ4n) is 2.32. The molecule has 2 N–H and O–H groups in total. The minimum Gasteiger partial charge on any atom is -0.394 e. The van der Waals surface area contributed by atoms with Crippen molar-refractivity contribution < 1.29 is 14.7 Å². The second-order valence-corrected chi connectivity index (χ2v) is 6.79. The van der Waals surface area contributed by atoms with Crippen molar-refractivity contribution in [2.75, 3.05) is 19.0 Å². The smallest absolute Gasteiger partial charge is 0.253 e. The molecule has 5 nitrogen and oxygen atoms in total. The zero-order chi connectivity index (χ0) is 17.6. The quantitative estimate of drug-likeness (QED) is 0.792. The standard InChI is InChI=1S/C18H26N2O3/c1-6-16(22)19-14-9-7-8-13(10-14)17(23)20(5)15(12-21)11-18(2,3)4/h6-10,15,21H,1,11-12H2,2-5H3,(H,19,22). The normalized spacial score (nSPS) is 12.4. The molecule has 126 valence electrons. The molecule has 2 amide bonds. The van der Waals surface area contributed by atoms with Gasteiger partial charge in [-0.05, 0) is 36.1 Å². The molecule has 5 heteroatoms. The lowest BCUT2D eigenvalue weighted by Gasteiger charge is -2.32. The van der Waals surface area contributed by atoms with E-state index in [-0.39, 0.29) is 29.9 Å². The van der Waals surface area contributed by atoms with Gasteiger partial charge in [0.2, 0.25) is 5.91 Å². The highest BCUT2D eigenvalue weighted by Crippen LogP contribution is 2.24. The average Bonchev–Trinajstić information content (AvgIpc) is 2.50. The van der Waals surface area contributed by atoms with Crippen molar-refractivity contribution in [1.82, 2.24) is 4.90 Å². The topological polar surface area (TPSA) is 69.6 Å². The van der Waals surface area contributed by atoms with E-state index in [1.54, 1.807) is 36.2 Å². The second kappa shape index (κ2) is 7.92. The minimum absolute atomic E-state index is 0.00171. The summed E-state index contributed by atoms with van der Waals surface area (Å²) in [6.45, 7) is 9.51. The number of rotatable bonds is 6. The lowest BCUT2D eigenvalue weighted by atomic mass is 9.87. The Labute approximate surface area is 138 Å². The summed E-state index contributed by atoms with van der Waals surface area (Å²) in [5.74, 6) is -0.521. The number of aliphatic hydroxyl groups excluding tert-OH is 1. The molecule has 0 saturated carbocycles. The number of carbonyl (C=O) groups excluding carboxylic acids is 2. The molecule has 1 aromatic rings. The molecular formula is C18H26N2O3. The van der Waals surface area contributed by atoms with E-state index in [1.807, 2.05) is 0 Å². The van der Waals surface area contributed by atoms with Crippen molar-refractivity contribution in [2.45, 2.75) is 33.2 Å². The van der Waals surface area contributed by atoms with Crippen LogP contribution in [0.1, 0.15) is 37.6 Å².